The van der Waals surface area contributed by atoms with Gasteiger partial charge in [0.1, 0.15) is 24.2 Å². The summed E-state index contributed by atoms with van der Waals surface area (Å²) in [4.78, 5) is 143. The van der Waals surface area contributed by atoms with Crippen molar-refractivity contribution >= 4 is 105 Å². The second-order valence-corrected chi connectivity index (χ2v) is 38.6. The fourth-order valence-corrected chi connectivity index (χ4v) is 16.9. The monoisotopic (exact) mass is 2110 g/mol. The van der Waals surface area contributed by atoms with E-state index in [2.05, 4.69) is 102 Å². The van der Waals surface area contributed by atoms with Crippen molar-refractivity contribution in [2.45, 2.75) is 293 Å². The molecule has 9 N–H and O–H groups in total. The zero-order chi connectivity index (χ0) is 112. The Hall–Kier alpha value is -12.3. The van der Waals surface area contributed by atoms with Crippen LogP contribution in [-0.2, 0) is 108 Å². The number of ether oxygens (including phenoxy) is 3. The minimum atomic E-state index is -1.03. The number of primary amides is 2. The number of carbonyl (C=O) groups excluding carboxylic acids is 9. The minimum Gasteiger partial charge on any atom is -0.480 e. The Morgan fingerprint density at radius 1 is 0.286 bits per heavy atom. The second kappa shape index (κ2) is 79.0. The molecular weight excluding hydrogens is 1930 g/mol. The van der Waals surface area contributed by atoms with Crippen molar-refractivity contribution in [3.8, 4) is 0 Å². The van der Waals surface area contributed by atoms with E-state index in [1.807, 2.05) is 293 Å². The summed E-state index contributed by atoms with van der Waals surface area (Å²) < 4.78 is 14.3. The number of benzene rings is 6. The number of carbonyl (C=O) groups is 10. The summed E-state index contributed by atoms with van der Waals surface area (Å²) in [7, 11) is 10.7. The lowest BCUT2D eigenvalue weighted by Gasteiger charge is -2.23. The van der Waals surface area contributed by atoms with Gasteiger partial charge >= 0.3 is 48.0 Å². The highest BCUT2D eigenvalue weighted by Gasteiger charge is 2.31. The molecule has 10 rings (SSSR count). The Labute approximate surface area is 896 Å². The van der Waals surface area contributed by atoms with E-state index in [9.17, 15) is 53.1 Å². The van der Waals surface area contributed by atoms with Gasteiger partial charge in [0.25, 0.3) is 0 Å². The number of nitrogens with one attached hydrogen (secondary N) is 4. The molecule has 0 aliphatic carbocycles. The number of rotatable bonds is 38. The molecule has 0 saturated carbocycles. The average Bonchev–Trinajstić information content (AvgIpc) is 1.74. The van der Waals surface area contributed by atoms with E-state index in [-0.39, 0.29) is 65.4 Å². The van der Waals surface area contributed by atoms with Gasteiger partial charge in [0, 0.05) is 85.2 Å². The highest BCUT2D eigenvalue weighted by Crippen LogP contribution is 2.30. The smallest absolute Gasteiger partial charge is 0.328 e. The van der Waals surface area contributed by atoms with E-state index in [1.165, 1.54) is 63.2 Å². The van der Waals surface area contributed by atoms with E-state index in [4.69, 9.17) is 40.6 Å². The maximum Gasteiger partial charge on any atom is 0.328 e. The number of hydrogen-bond acceptors (Lipinski definition) is 21. The zero-order valence-electron chi connectivity index (χ0n) is 93.9. The summed E-state index contributed by atoms with van der Waals surface area (Å²) in [6.07, 6.45) is 5.17. The lowest BCUT2D eigenvalue weighted by molar-refractivity contribution is -0.144. The van der Waals surface area contributed by atoms with Gasteiger partial charge in [0.05, 0.1) is 90.3 Å². The van der Waals surface area contributed by atoms with E-state index >= 15 is 0 Å². The molecule has 147 heavy (non-hydrogen) atoms. The summed E-state index contributed by atoms with van der Waals surface area (Å²) in [5, 5.41) is 32.1. The lowest BCUT2D eigenvalue weighted by Crippen LogP contribution is -2.49. The van der Waals surface area contributed by atoms with E-state index in [0.717, 1.165) is 92.5 Å². The Balaban J connectivity index is 0. The van der Waals surface area contributed by atoms with Crippen molar-refractivity contribution in [2.75, 3.05) is 49.5 Å². The normalized spacial score (nSPS) is 12.2. The third kappa shape index (κ3) is 54.8. The molecule has 28 nitrogen and oxygen atoms in total. The molecule has 32 heteroatoms. The van der Waals surface area contributed by atoms with Gasteiger partial charge in [-0.25, -0.2) is 58.3 Å². The van der Waals surface area contributed by atoms with Gasteiger partial charge in [-0.15, -0.1) is 45.3 Å². The van der Waals surface area contributed by atoms with Gasteiger partial charge < -0.3 is 71.7 Å². The van der Waals surface area contributed by atoms with Crippen molar-refractivity contribution in [3.63, 3.8) is 0 Å². The van der Waals surface area contributed by atoms with Crippen LogP contribution in [0.1, 0.15) is 280 Å². The van der Waals surface area contributed by atoms with Crippen LogP contribution in [0.3, 0.4) is 0 Å². The molecule has 0 saturated heterocycles. The Morgan fingerprint density at radius 2 is 0.449 bits per heavy atom. The summed E-state index contributed by atoms with van der Waals surface area (Å²) >= 11 is 6.43. The maximum atomic E-state index is 12.4. The number of aliphatic carboxylic acids is 1. The number of urea groups is 4. The highest BCUT2D eigenvalue weighted by molar-refractivity contribution is 7.10. The van der Waals surface area contributed by atoms with Crippen molar-refractivity contribution in [1.29, 1.82) is 0 Å². The second-order valence-electron chi connectivity index (χ2n) is 35.1. The number of thiazole rings is 4. The molecule has 0 spiro atoms. The molecule has 6 aromatic carbocycles. The minimum absolute atomic E-state index is 0.0606. The van der Waals surface area contributed by atoms with Crippen LogP contribution in [0.15, 0.2) is 204 Å². The molecule has 4 heterocycles. The SMILES string of the molecule is CC.CC.CC.CC.CC.CC.CC(Cc1ccccc1)C(N)=O.CC(Cc1ccccc1)C(N)=O.CC(Cc1ccccc1)c1nc(CN(C)C(=O)N[C@H](C(=O)O)C(C)C)cs1.COC(=O)[C@@H](NC(=O)N(C)Cc1csc(C(C)Cc2ccccc2)n1)C(C)C.COC(=O)[C@@H](NC(=O)N(C)Cc1csc(C(C)Cc2ccccc2)n1)C(C)C.COC(=O)[C@@H](NC(=O)N(C)Cc1csc(C(C)Cc2ccccc2)n1)C(C)C. The number of nitrogens with zero attached hydrogens (tertiary/aromatic N) is 8. The first-order valence-corrected chi connectivity index (χ1v) is 54.8. The standard InChI is InChI=1S/3C21H29N3O3S.C20H27N3O3S.2C10H13NO.6C2H6/c3*1-14(2)18(20(25)27-5)23-21(26)24(4)12-17-13-28-19(22-17)15(3)11-16-9-7-6-8-10-16;1-13(2)17(19(24)25)22-20(26)23(4)11-16-12-27-18(21-16)14(3)10-15-8-6-5-7-9-15;2*1-8(10(11)12)7-9-5-3-2-4-6-9;6*1-2/h3*6-10,13-15,18H,11-12H2,1-5H3,(H,23,26);5-9,12-14,17H,10-11H2,1-4H3,(H,22,26)(H,24,25);2*2-6,8H,7H2,1H3,(H2,11,12);6*1-2H3/t3*15?,18-;14?,17-;;;;;;;;/m0000......../s1. The van der Waals surface area contributed by atoms with Crippen LogP contribution >= 0.6 is 45.3 Å². The molecular formula is C115H176N14O14S4. The molecule has 4 aromatic heterocycles. The number of methoxy groups -OCH3 is 3. The fraction of sp³-hybridized carbons (Fsp3) is 0.496. The first-order chi connectivity index (χ1) is 70.1. The van der Waals surface area contributed by atoms with Crippen LogP contribution in [0, 0.1) is 35.5 Å². The van der Waals surface area contributed by atoms with Crippen molar-refractivity contribution in [2.24, 2.45) is 47.0 Å². The highest BCUT2D eigenvalue weighted by atomic mass is 32.1. The van der Waals surface area contributed by atoms with Crippen molar-refractivity contribution in [1.82, 2.24) is 60.8 Å². The van der Waals surface area contributed by atoms with E-state index in [0.29, 0.717) is 49.9 Å². The van der Waals surface area contributed by atoms with Crippen LogP contribution in [-0.4, -0.2) is 178 Å². The van der Waals surface area contributed by atoms with Gasteiger partial charge in [0.15, 0.2) is 0 Å². The molecule has 6 unspecified atom stereocenters. The molecule has 10 atom stereocenters. The third-order valence-corrected chi connectivity index (χ3v) is 26.1. The first-order valence-electron chi connectivity index (χ1n) is 51.2. The Kier molecular flexibility index (Phi) is 73.5. The van der Waals surface area contributed by atoms with Crippen LogP contribution in [0.25, 0.3) is 0 Å². The third-order valence-electron chi connectivity index (χ3n) is 21.6. The maximum absolute atomic E-state index is 12.4. The average molecular weight is 2110 g/mol. The fourth-order valence-electron chi connectivity index (χ4n) is 13.5. The van der Waals surface area contributed by atoms with Gasteiger partial charge in [0.2, 0.25) is 11.8 Å². The zero-order valence-corrected chi connectivity index (χ0v) is 97.2. The molecule has 10 aromatic rings. The number of amides is 10. The van der Waals surface area contributed by atoms with Gasteiger partial charge in [-0.1, -0.05) is 362 Å². The Bertz CT molecular complexity index is 4840. The first kappa shape index (κ1) is 137. The summed E-state index contributed by atoms with van der Waals surface area (Å²) in [5.41, 5.74) is 21.1. The largest absolute Gasteiger partial charge is 0.480 e. The quantitative estimate of drug-likeness (QED) is 0.0140. The van der Waals surface area contributed by atoms with Crippen LogP contribution in [0.4, 0.5) is 19.2 Å². The molecule has 814 valence electrons. The number of esters is 3. The molecule has 0 fully saturated rings. The van der Waals surface area contributed by atoms with E-state index in [1.54, 1.807) is 87.4 Å². The molecule has 0 bridgehead atoms. The van der Waals surface area contributed by atoms with Crippen LogP contribution in [0.5, 0.6) is 0 Å². The molecule has 0 radical (unpaired) electrons. The lowest BCUT2D eigenvalue weighted by atomic mass is 10.0. The number of aromatic nitrogens is 4. The topological polar surface area (TPSA) is 383 Å². The predicted molar refractivity (Wildman–Crippen MR) is 606 cm³/mol. The molecule has 0 aliphatic heterocycles. The number of carboxylic acid groups (broad SMARTS) is 1. The number of hydrogen-bond donors (Lipinski definition) is 7. The summed E-state index contributed by atoms with van der Waals surface area (Å²) in [6, 6.07) is 56.8. The van der Waals surface area contributed by atoms with Crippen LogP contribution in [0.2, 0.25) is 0 Å². The van der Waals surface area contributed by atoms with Crippen molar-refractivity contribution in [3.05, 3.63) is 280 Å². The summed E-state index contributed by atoms with van der Waals surface area (Å²) in [5.74, 6) is -2.13. The van der Waals surface area contributed by atoms with Crippen molar-refractivity contribution < 1.29 is 67.3 Å². The Morgan fingerprint density at radius 3 is 0.599 bits per heavy atom. The molecule has 0 aliphatic rings. The van der Waals surface area contributed by atoms with Gasteiger partial charge in [-0.05, 0) is 95.6 Å². The number of carboxylic acids is 1. The van der Waals surface area contributed by atoms with Gasteiger partial charge in [-0.2, -0.15) is 0 Å². The van der Waals surface area contributed by atoms with E-state index < -0.39 is 54.1 Å². The predicted octanol–water partition coefficient (Wildman–Crippen LogP) is 24.1. The number of nitrogens with two attached hydrogens (primary N) is 2. The van der Waals surface area contributed by atoms with Crippen LogP contribution < -0.4 is 32.7 Å². The molecule has 10 amide bonds. The van der Waals surface area contributed by atoms with Gasteiger partial charge in [-0.3, -0.25) is 9.59 Å². The summed E-state index contributed by atoms with van der Waals surface area (Å²) in [6.45, 7) is 52.5.